The Morgan fingerprint density at radius 3 is 1.48 bits per heavy atom. The minimum atomic E-state index is 0.373. The van der Waals surface area contributed by atoms with Crippen LogP contribution in [0.3, 0.4) is 0 Å². The van der Waals surface area contributed by atoms with Crippen molar-refractivity contribution in [1.29, 1.82) is 0 Å². The van der Waals surface area contributed by atoms with Gasteiger partial charge in [0.25, 0.3) is 0 Å². The van der Waals surface area contributed by atoms with E-state index in [1.165, 1.54) is 0 Å². The van der Waals surface area contributed by atoms with Crippen LogP contribution in [0.5, 0.6) is 11.8 Å². The van der Waals surface area contributed by atoms with Crippen LogP contribution in [0, 0.1) is 0 Å². The van der Waals surface area contributed by atoms with Gasteiger partial charge < -0.3 is 10.2 Å². The molecule has 0 radical (unpaired) electrons. The molecule has 0 aromatic carbocycles. The molecule has 6 nitrogen and oxygen atoms in total. The molecular formula is C23H42N4O2. The van der Waals surface area contributed by atoms with Crippen LogP contribution in [0.15, 0.2) is 0 Å². The van der Waals surface area contributed by atoms with Crippen molar-refractivity contribution in [2.24, 2.45) is 0 Å². The van der Waals surface area contributed by atoms with Crippen LogP contribution >= 0.6 is 0 Å². The summed E-state index contributed by atoms with van der Waals surface area (Å²) >= 11 is 0. The van der Waals surface area contributed by atoms with Gasteiger partial charge in [-0.25, -0.2) is 9.36 Å². The molecule has 0 spiro atoms. The van der Waals surface area contributed by atoms with E-state index in [9.17, 15) is 10.2 Å². The summed E-state index contributed by atoms with van der Waals surface area (Å²) in [6, 6.07) is 0. The van der Waals surface area contributed by atoms with Gasteiger partial charge in [-0.15, -0.1) is 0 Å². The Hall–Kier alpha value is -1.98. The molecular weight excluding hydrogens is 364 g/mol. The average Bonchev–Trinajstić information content (AvgIpc) is 3.21. The zero-order valence-corrected chi connectivity index (χ0v) is 19.5. The molecule has 2 aromatic rings. The summed E-state index contributed by atoms with van der Waals surface area (Å²) in [5, 5.41) is 28.7. The molecule has 6 heteroatoms. The molecule has 0 bridgehead atoms. The predicted molar refractivity (Wildman–Crippen MR) is 120 cm³/mol. The number of rotatable bonds is 11. The minimum Gasteiger partial charge on any atom is -0.493 e. The molecule has 29 heavy (non-hydrogen) atoms. The highest BCUT2D eigenvalue weighted by Gasteiger charge is 2.15. The summed E-state index contributed by atoms with van der Waals surface area (Å²) in [5.41, 5.74) is 4.23. The number of hydrogen-bond donors (Lipinski definition) is 2. The Morgan fingerprint density at radius 1 is 0.655 bits per heavy atom. The number of aromatic hydroxyl groups is 2. The first kappa shape index (κ1) is 25.1. The van der Waals surface area contributed by atoms with Gasteiger partial charge in [0, 0.05) is 24.2 Å². The van der Waals surface area contributed by atoms with Crippen molar-refractivity contribution in [2.75, 3.05) is 0 Å². The average molecular weight is 407 g/mol. The Morgan fingerprint density at radius 2 is 1.10 bits per heavy atom. The molecule has 2 N–H and O–H groups in total. The van der Waals surface area contributed by atoms with Crippen LogP contribution in [0.25, 0.3) is 0 Å². The molecule has 2 rings (SSSR count). The Bertz CT molecular complexity index is 719. The van der Waals surface area contributed by atoms with Gasteiger partial charge in [0.2, 0.25) is 11.8 Å². The van der Waals surface area contributed by atoms with Crippen LogP contribution in [-0.2, 0) is 38.8 Å². The maximum absolute atomic E-state index is 10.00. The first-order valence-corrected chi connectivity index (χ1v) is 11.5. The first-order chi connectivity index (χ1) is 14.0. The fourth-order valence-corrected chi connectivity index (χ4v) is 3.45. The number of aryl methyl sites for hydroxylation is 4. The van der Waals surface area contributed by atoms with Crippen LogP contribution in [0.1, 0.15) is 96.2 Å². The molecule has 0 saturated carbocycles. The molecule has 0 aliphatic rings. The summed E-state index contributed by atoms with van der Waals surface area (Å²) in [6.45, 7) is 14.1. The molecule has 0 atom stereocenters. The van der Waals surface area contributed by atoms with E-state index in [0.717, 1.165) is 93.4 Å². The van der Waals surface area contributed by atoms with E-state index >= 15 is 0 Å². The van der Waals surface area contributed by atoms with Gasteiger partial charge in [0.1, 0.15) is 0 Å². The first-order valence-electron chi connectivity index (χ1n) is 11.5. The van der Waals surface area contributed by atoms with Crippen molar-refractivity contribution < 1.29 is 10.2 Å². The summed E-state index contributed by atoms with van der Waals surface area (Å²) in [7, 11) is 0. The smallest absolute Gasteiger partial charge is 0.212 e. The van der Waals surface area contributed by atoms with E-state index in [-0.39, 0.29) is 0 Å². The molecule has 0 unspecified atom stereocenters. The van der Waals surface area contributed by atoms with Crippen molar-refractivity contribution in [3.8, 4) is 11.8 Å². The largest absolute Gasteiger partial charge is 0.493 e. The van der Waals surface area contributed by atoms with Crippen LogP contribution < -0.4 is 0 Å². The van der Waals surface area contributed by atoms with E-state index in [1.807, 2.05) is 6.92 Å². The lowest BCUT2D eigenvalue weighted by Crippen LogP contribution is -1.98. The minimum absolute atomic E-state index is 0.373. The summed E-state index contributed by atoms with van der Waals surface area (Å²) < 4.78 is 3.42. The number of nitrogens with zero attached hydrogens (tertiary/aromatic N) is 4. The molecule has 2 heterocycles. The second-order valence-corrected chi connectivity index (χ2v) is 7.45. The molecule has 0 saturated heterocycles. The lowest BCUT2D eigenvalue weighted by atomic mass is 10.1. The normalized spacial score (nSPS) is 10.8. The zero-order valence-electron chi connectivity index (χ0n) is 19.5. The zero-order chi connectivity index (χ0) is 21.8. The third-order valence-corrected chi connectivity index (χ3v) is 5.17. The van der Waals surface area contributed by atoms with E-state index < -0.39 is 0 Å². The molecule has 0 aliphatic heterocycles. The third-order valence-electron chi connectivity index (χ3n) is 5.17. The van der Waals surface area contributed by atoms with Crippen LogP contribution in [-0.4, -0.2) is 29.8 Å². The van der Waals surface area contributed by atoms with E-state index in [1.54, 1.807) is 9.36 Å². The maximum Gasteiger partial charge on any atom is 0.212 e. The lowest BCUT2D eigenvalue weighted by molar-refractivity contribution is 0.392. The Labute approximate surface area is 177 Å². The maximum atomic E-state index is 10.00. The van der Waals surface area contributed by atoms with Gasteiger partial charge in [-0.05, 0) is 51.9 Å². The van der Waals surface area contributed by atoms with Crippen LogP contribution in [0.2, 0.25) is 0 Å². The summed E-state index contributed by atoms with van der Waals surface area (Å²) in [6.07, 6.45) is 9.27. The van der Waals surface area contributed by atoms with Crippen molar-refractivity contribution in [3.63, 3.8) is 0 Å². The van der Waals surface area contributed by atoms with E-state index in [0.29, 0.717) is 11.8 Å². The van der Waals surface area contributed by atoms with Gasteiger partial charge in [0.05, 0.1) is 11.4 Å². The van der Waals surface area contributed by atoms with Crippen molar-refractivity contribution >= 4 is 0 Å². The molecule has 0 aliphatic carbocycles. The fraction of sp³-hybridized carbons (Fsp3) is 0.739. The lowest BCUT2D eigenvalue weighted by Gasteiger charge is -2.01. The van der Waals surface area contributed by atoms with Gasteiger partial charge in [-0.1, -0.05) is 47.5 Å². The Kier molecular flexibility index (Phi) is 11.5. The highest BCUT2D eigenvalue weighted by atomic mass is 16.3. The van der Waals surface area contributed by atoms with Gasteiger partial charge in [-0.3, -0.25) is 0 Å². The van der Waals surface area contributed by atoms with Crippen LogP contribution in [0.4, 0.5) is 0 Å². The van der Waals surface area contributed by atoms with Crippen molar-refractivity contribution in [2.45, 2.75) is 112 Å². The van der Waals surface area contributed by atoms with E-state index in [2.05, 4.69) is 44.8 Å². The predicted octanol–water partition coefficient (Wildman–Crippen LogP) is 5.42. The molecule has 2 aromatic heterocycles. The van der Waals surface area contributed by atoms with E-state index in [4.69, 9.17) is 0 Å². The van der Waals surface area contributed by atoms with Gasteiger partial charge >= 0.3 is 0 Å². The third kappa shape index (κ3) is 6.79. The second-order valence-electron chi connectivity index (χ2n) is 7.45. The van der Waals surface area contributed by atoms with Gasteiger partial charge in [-0.2, -0.15) is 10.2 Å². The highest BCUT2D eigenvalue weighted by molar-refractivity contribution is 5.31. The van der Waals surface area contributed by atoms with Gasteiger partial charge in [0.15, 0.2) is 0 Å². The standard InChI is InChI=1S/C12H22N2O.C11H20N2O/c1-4-7-8-10-11(6-3)13-14(9-5-2)12(10)15;1-4-7-8-9-10(5-2)12-13(6-3)11(9)14/h15H,4-9H2,1-3H3;14H,4-8H2,1-3H3. The second kappa shape index (κ2) is 13.3. The Balaban J connectivity index is 0.000000291. The monoisotopic (exact) mass is 406 g/mol. The fourth-order valence-electron chi connectivity index (χ4n) is 3.45. The van der Waals surface area contributed by atoms with Crippen molar-refractivity contribution in [3.05, 3.63) is 22.5 Å². The quantitative estimate of drug-likeness (QED) is 0.522. The highest BCUT2D eigenvalue weighted by Crippen LogP contribution is 2.24. The number of aromatic nitrogens is 4. The SMILES string of the molecule is CCCCc1c(CC)nn(CC)c1O.CCCCc1c(CC)nn(CCC)c1O. The molecule has 166 valence electrons. The topological polar surface area (TPSA) is 76.1 Å². The number of hydrogen-bond acceptors (Lipinski definition) is 4. The molecule has 0 fully saturated rings. The van der Waals surface area contributed by atoms with Crippen molar-refractivity contribution in [1.82, 2.24) is 19.6 Å². The summed E-state index contributed by atoms with van der Waals surface area (Å²) in [4.78, 5) is 0. The number of unbranched alkanes of at least 4 members (excludes halogenated alkanes) is 2. The molecule has 0 amide bonds. The summed E-state index contributed by atoms with van der Waals surface area (Å²) in [5.74, 6) is 0.764.